The first-order valence-corrected chi connectivity index (χ1v) is 7.60. The van der Waals surface area contributed by atoms with Crippen molar-refractivity contribution in [3.63, 3.8) is 0 Å². The van der Waals surface area contributed by atoms with Crippen LogP contribution in [0.4, 0.5) is 0 Å². The highest BCUT2D eigenvalue weighted by atomic mass is 16.5. The summed E-state index contributed by atoms with van der Waals surface area (Å²) >= 11 is 0. The van der Waals surface area contributed by atoms with Gasteiger partial charge in [0.05, 0.1) is 6.21 Å². The van der Waals surface area contributed by atoms with Gasteiger partial charge in [-0.1, -0.05) is 18.2 Å². The number of amides is 2. The van der Waals surface area contributed by atoms with Crippen molar-refractivity contribution in [2.75, 3.05) is 6.61 Å². The molecule has 0 spiro atoms. The second kappa shape index (κ2) is 9.07. The third-order valence-corrected chi connectivity index (χ3v) is 3.07. The molecule has 0 bridgehead atoms. The maximum atomic E-state index is 11.9. The number of hydrazone groups is 1. The molecular formula is C18H19N3O4. The quantitative estimate of drug-likeness (QED) is 0.560. The molecule has 25 heavy (non-hydrogen) atoms. The summed E-state index contributed by atoms with van der Waals surface area (Å²) in [6.07, 6.45) is 0.814. The summed E-state index contributed by atoms with van der Waals surface area (Å²) in [5, 5.41) is 3.89. The average molecular weight is 341 g/mol. The van der Waals surface area contributed by atoms with E-state index < -0.39 is 12.0 Å². The van der Waals surface area contributed by atoms with Crippen LogP contribution in [0.5, 0.6) is 11.5 Å². The van der Waals surface area contributed by atoms with Gasteiger partial charge >= 0.3 is 0 Å². The Labute approximate surface area is 145 Å². The van der Waals surface area contributed by atoms with E-state index in [9.17, 15) is 9.59 Å². The lowest BCUT2D eigenvalue weighted by molar-refractivity contribution is -0.127. The van der Waals surface area contributed by atoms with Crippen molar-refractivity contribution in [3.8, 4) is 11.5 Å². The maximum Gasteiger partial charge on any atom is 0.280 e. The van der Waals surface area contributed by atoms with Crippen LogP contribution in [0.3, 0.4) is 0 Å². The summed E-state index contributed by atoms with van der Waals surface area (Å²) in [4.78, 5) is 22.6. The van der Waals surface area contributed by atoms with Gasteiger partial charge in [0.1, 0.15) is 11.5 Å². The van der Waals surface area contributed by atoms with Gasteiger partial charge in [0.2, 0.25) is 0 Å². The number of nitrogens with one attached hydrogen (secondary N) is 1. The van der Waals surface area contributed by atoms with Gasteiger partial charge in [-0.05, 0) is 48.9 Å². The smallest absolute Gasteiger partial charge is 0.280 e. The molecule has 7 heteroatoms. The van der Waals surface area contributed by atoms with E-state index in [1.54, 1.807) is 43.3 Å². The van der Waals surface area contributed by atoms with E-state index in [-0.39, 0.29) is 12.5 Å². The number of rotatable bonds is 8. The second-order valence-corrected chi connectivity index (χ2v) is 5.13. The van der Waals surface area contributed by atoms with Crippen LogP contribution in [0.1, 0.15) is 12.5 Å². The van der Waals surface area contributed by atoms with E-state index in [0.717, 1.165) is 5.56 Å². The van der Waals surface area contributed by atoms with Crippen molar-refractivity contribution in [2.45, 2.75) is 13.0 Å². The minimum Gasteiger partial charge on any atom is -0.484 e. The SMILES string of the molecule is C[C@@H](Oc1ccccc1)C(=O)N/N=C\c1ccc(OCC(N)=O)cc1. The topological polar surface area (TPSA) is 103 Å². The van der Waals surface area contributed by atoms with Gasteiger partial charge in [-0.3, -0.25) is 9.59 Å². The van der Waals surface area contributed by atoms with Crippen LogP contribution in [-0.2, 0) is 9.59 Å². The Balaban J connectivity index is 1.81. The van der Waals surface area contributed by atoms with Crippen molar-refractivity contribution >= 4 is 18.0 Å². The van der Waals surface area contributed by atoms with Crippen molar-refractivity contribution in [2.24, 2.45) is 10.8 Å². The highest BCUT2D eigenvalue weighted by Gasteiger charge is 2.13. The molecule has 0 unspecified atom stereocenters. The van der Waals surface area contributed by atoms with Gasteiger partial charge in [0.25, 0.3) is 11.8 Å². The predicted molar refractivity (Wildman–Crippen MR) is 93.4 cm³/mol. The zero-order valence-corrected chi connectivity index (χ0v) is 13.7. The molecule has 0 saturated carbocycles. The maximum absolute atomic E-state index is 11.9. The van der Waals surface area contributed by atoms with Crippen LogP contribution in [0, 0.1) is 0 Å². The van der Waals surface area contributed by atoms with Crippen molar-refractivity contribution in [3.05, 3.63) is 60.2 Å². The Kier molecular flexibility index (Phi) is 6.53. The van der Waals surface area contributed by atoms with Gasteiger partial charge in [0.15, 0.2) is 12.7 Å². The fourth-order valence-corrected chi connectivity index (χ4v) is 1.82. The normalized spacial score (nSPS) is 11.7. The zero-order valence-electron chi connectivity index (χ0n) is 13.7. The number of nitrogens with zero attached hydrogens (tertiary/aromatic N) is 1. The number of hydrogen-bond acceptors (Lipinski definition) is 5. The molecule has 2 aromatic carbocycles. The van der Waals surface area contributed by atoms with E-state index in [1.165, 1.54) is 6.21 Å². The highest BCUT2D eigenvalue weighted by molar-refractivity contribution is 5.84. The molecule has 0 saturated heterocycles. The van der Waals surface area contributed by atoms with Crippen LogP contribution in [0.15, 0.2) is 59.7 Å². The Morgan fingerprint density at radius 2 is 1.80 bits per heavy atom. The van der Waals surface area contributed by atoms with Gasteiger partial charge in [-0.2, -0.15) is 5.10 Å². The molecule has 1 atom stereocenters. The van der Waals surface area contributed by atoms with Gasteiger partial charge < -0.3 is 15.2 Å². The summed E-state index contributed by atoms with van der Waals surface area (Å²) in [7, 11) is 0. The predicted octanol–water partition coefficient (Wildman–Crippen LogP) is 1.47. The molecule has 2 rings (SSSR count). The van der Waals surface area contributed by atoms with Crippen LogP contribution in [0.2, 0.25) is 0 Å². The monoisotopic (exact) mass is 341 g/mol. The molecule has 0 heterocycles. The summed E-state index contributed by atoms with van der Waals surface area (Å²) in [6, 6.07) is 15.9. The molecule has 7 nitrogen and oxygen atoms in total. The van der Waals surface area contributed by atoms with Crippen LogP contribution in [0.25, 0.3) is 0 Å². The third-order valence-electron chi connectivity index (χ3n) is 3.07. The molecule has 0 aliphatic rings. The minimum absolute atomic E-state index is 0.178. The van der Waals surface area contributed by atoms with Crippen molar-refractivity contribution in [1.82, 2.24) is 5.43 Å². The summed E-state index contributed by atoms with van der Waals surface area (Å²) in [5.74, 6) is 0.229. The van der Waals surface area contributed by atoms with Crippen molar-refractivity contribution < 1.29 is 19.1 Å². The Morgan fingerprint density at radius 1 is 1.12 bits per heavy atom. The van der Waals surface area contributed by atoms with Gasteiger partial charge in [-0.15, -0.1) is 0 Å². The van der Waals surface area contributed by atoms with E-state index in [0.29, 0.717) is 11.5 Å². The first-order chi connectivity index (χ1) is 12.0. The van der Waals surface area contributed by atoms with Crippen LogP contribution >= 0.6 is 0 Å². The first kappa shape index (κ1) is 18.0. The lowest BCUT2D eigenvalue weighted by Crippen LogP contribution is -2.33. The fraction of sp³-hybridized carbons (Fsp3) is 0.167. The van der Waals surface area contributed by atoms with E-state index in [1.807, 2.05) is 18.2 Å². The number of para-hydroxylation sites is 1. The summed E-state index contributed by atoms with van der Waals surface area (Å²) in [5.41, 5.74) is 8.17. The molecule has 0 aliphatic heterocycles. The number of nitrogens with two attached hydrogens (primary N) is 1. The number of ether oxygens (including phenoxy) is 2. The Hall–Kier alpha value is -3.35. The minimum atomic E-state index is -0.677. The molecule has 0 aliphatic carbocycles. The van der Waals surface area contributed by atoms with E-state index in [2.05, 4.69) is 10.5 Å². The number of hydrogen-bond donors (Lipinski definition) is 2. The molecule has 0 fully saturated rings. The molecule has 0 aromatic heterocycles. The van der Waals surface area contributed by atoms with Gasteiger partial charge in [0, 0.05) is 0 Å². The number of benzene rings is 2. The molecule has 130 valence electrons. The second-order valence-electron chi connectivity index (χ2n) is 5.13. The van der Waals surface area contributed by atoms with Crippen LogP contribution < -0.4 is 20.6 Å². The third kappa shape index (κ3) is 6.34. The number of carbonyl (C=O) groups is 2. The Bertz CT molecular complexity index is 730. The molecule has 2 aromatic rings. The first-order valence-electron chi connectivity index (χ1n) is 7.60. The zero-order chi connectivity index (χ0) is 18.1. The van der Waals surface area contributed by atoms with Gasteiger partial charge in [-0.25, -0.2) is 5.43 Å². The lowest BCUT2D eigenvalue weighted by atomic mass is 10.2. The number of carbonyl (C=O) groups excluding carboxylic acids is 2. The molecule has 3 N–H and O–H groups in total. The molecule has 0 radical (unpaired) electrons. The summed E-state index contributed by atoms with van der Waals surface area (Å²) < 4.78 is 10.6. The van der Waals surface area contributed by atoms with E-state index >= 15 is 0 Å². The average Bonchev–Trinajstić information content (AvgIpc) is 2.61. The largest absolute Gasteiger partial charge is 0.484 e. The summed E-state index contributed by atoms with van der Waals surface area (Å²) in [6.45, 7) is 1.46. The highest BCUT2D eigenvalue weighted by Crippen LogP contribution is 2.11. The van der Waals surface area contributed by atoms with Crippen LogP contribution in [-0.4, -0.2) is 30.7 Å². The number of primary amides is 1. The van der Waals surface area contributed by atoms with E-state index in [4.69, 9.17) is 15.2 Å². The van der Waals surface area contributed by atoms with Crippen molar-refractivity contribution in [1.29, 1.82) is 0 Å². The molecule has 2 amide bonds. The molecular weight excluding hydrogens is 322 g/mol. The fourth-order valence-electron chi connectivity index (χ4n) is 1.82. The standard InChI is InChI=1S/C18H19N3O4/c1-13(25-16-5-3-2-4-6-16)18(23)21-20-11-14-7-9-15(10-8-14)24-12-17(19)22/h2-11,13H,12H2,1H3,(H2,19,22)(H,21,23)/b20-11-/t13-/m1/s1. The lowest BCUT2D eigenvalue weighted by Gasteiger charge is -2.12. The Morgan fingerprint density at radius 3 is 2.44 bits per heavy atom.